The van der Waals surface area contributed by atoms with E-state index < -0.39 is 5.97 Å². The second-order valence-corrected chi connectivity index (χ2v) is 8.26. The van der Waals surface area contributed by atoms with E-state index in [1.807, 2.05) is 42.5 Å². The molecular weight excluding hydrogens is 420 g/mol. The van der Waals surface area contributed by atoms with E-state index in [1.54, 1.807) is 11.3 Å². The zero-order valence-electron chi connectivity index (χ0n) is 17.5. The number of hydrogen-bond acceptors (Lipinski definition) is 5. The molecule has 162 valence electrons. The molecule has 32 heavy (non-hydrogen) atoms. The molecule has 5 nitrogen and oxygen atoms in total. The van der Waals surface area contributed by atoms with Crippen molar-refractivity contribution < 1.29 is 14.6 Å². The highest BCUT2D eigenvalue weighted by atomic mass is 32.1. The van der Waals surface area contributed by atoms with Crippen molar-refractivity contribution in [3.8, 4) is 17.0 Å². The summed E-state index contributed by atoms with van der Waals surface area (Å²) in [5.41, 5.74) is 5.36. The van der Waals surface area contributed by atoms with E-state index in [9.17, 15) is 4.79 Å². The molecule has 0 fully saturated rings. The molecule has 0 aliphatic rings. The molecule has 0 spiro atoms. The molecule has 1 heterocycles. The van der Waals surface area contributed by atoms with E-state index in [0.29, 0.717) is 19.6 Å². The minimum atomic E-state index is -0.785. The summed E-state index contributed by atoms with van der Waals surface area (Å²) < 4.78 is 5.85. The number of ether oxygens (including phenoxy) is 1. The molecule has 0 saturated heterocycles. The number of nitrogens with zero attached hydrogens (tertiary/aromatic N) is 1. The Balaban J connectivity index is 1.25. The second kappa shape index (κ2) is 10.6. The van der Waals surface area contributed by atoms with Crippen LogP contribution in [0.1, 0.15) is 23.1 Å². The lowest BCUT2D eigenvalue weighted by atomic mass is 10.1. The lowest BCUT2D eigenvalue weighted by Gasteiger charge is -2.08. The van der Waals surface area contributed by atoms with Crippen molar-refractivity contribution in [2.75, 3.05) is 5.32 Å². The predicted molar refractivity (Wildman–Crippen MR) is 128 cm³/mol. The Labute approximate surface area is 191 Å². The maximum Gasteiger partial charge on any atom is 0.303 e. The summed E-state index contributed by atoms with van der Waals surface area (Å²) in [6.45, 7) is 1.19. The van der Waals surface area contributed by atoms with Gasteiger partial charge in [0.2, 0.25) is 0 Å². The van der Waals surface area contributed by atoms with Crippen molar-refractivity contribution in [2.24, 2.45) is 0 Å². The highest BCUT2D eigenvalue weighted by Crippen LogP contribution is 2.25. The lowest BCUT2D eigenvalue weighted by molar-refractivity contribution is -0.136. The minimum Gasteiger partial charge on any atom is -0.489 e. The van der Waals surface area contributed by atoms with Gasteiger partial charge in [-0.15, -0.1) is 11.3 Å². The topological polar surface area (TPSA) is 71.5 Å². The van der Waals surface area contributed by atoms with Gasteiger partial charge in [-0.25, -0.2) is 4.98 Å². The van der Waals surface area contributed by atoms with Crippen LogP contribution in [0.4, 0.5) is 5.13 Å². The standard InChI is InChI=1S/C26H24N2O3S/c29-25(30)15-12-19-10-13-23(14-11-19)31-17-21-8-6-20(7-9-21)16-27-26-28-24(18-32-26)22-4-2-1-3-5-22/h1-11,13-14,18H,12,15-17H2,(H,27,28)(H,29,30). The summed E-state index contributed by atoms with van der Waals surface area (Å²) in [6.07, 6.45) is 0.665. The average molecular weight is 445 g/mol. The Bertz CT molecular complexity index is 1140. The summed E-state index contributed by atoms with van der Waals surface area (Å²) in [4.78, 5) is 15.3. The van der Waals surface area contributed by atoms with Crippen molar-refractivity contribution in [1.29, 1.82) is 0 Å². The average Bonchev–Trinajstić information content (AvgIpc) is 3.31. The molecule has 0 unspecified atom stereocenters. The largest absolute Gasteiger partial charge is 0.489 e. The van der Waals surface area contributed by atoms with Gasteiger partial charge >= 0.3 is 5.97 Å². The molecule has 0 bridgehead atoms. The van der Waals surface area contributed by atoms with Gasteiger partial charge < -0.3 is 15.2 Å². The highest BCUT2D eigenvalue weighted by molar-refractivity contribution is 7.14. The maximum absolute atomic E-state index is 10.7. The van der Waals surface area contributed by atoms with E-state index in [-0.39, 0.29) is 6.42 Å². The molecule has 0 atom stereocenters. The quantitative estimate of drug-likeness (QED) is 0.313. The van der Waals surface area contributed by atoms with Crippen molar-refractivity contribution in [3.05, 3.63) is 101 Å². The van der Waals surface area contributed by atoms with Crippen LogP contribution in [0.5, 0.6) is 5.75 Å². The molecule has 1 aromatic heterocycles. The number of aryl methyl sites for hydroxylation is 1. The Morgan fingerprint density at radius 3 is 2.31 bits per heavy atom. The second-order valence-electron chi connectivity index (χ2n) is 7.40. The molecule has 6 heteroatoms. The van der Waals surface area contributed by atoms with Gasteiger partial charge in [0.15, 0.2) is 5.13 Å². The summed E-state index contributed by atoms with van der Waals surface area (Å²) in [5.74, 6) is -0.0135. The third-order valence-electron chi connectivity index (χ3n) is 5.00. The molecular formula is C26H24N2O3S. The first-order valence-corrected chi connectivity index (χ1v) is 11.3. The highest BCUT2D eigenvalue weighted by Gasteiger charge is 2.05. The summed E-state index contributed by atoms with van der Waals surface area (Å²) in [7, 11) is 0. The monoisotopic (exact) mass is 444 g/mol. The zero-order chi connectivity index (χ0) is 22.2. The first-order chi connectivity index (χ1) is 15.7. The predicted octanol–water partition coefficient (Wildman–Crippen LogP) is 6.02. The number of hydrogen-bond donors (Lipinski definition) is 2. The van der Waals surface area contributed by atoms with E-state index >= 15 is 0 Å². The van der Waals surface area contributed by atoms with Crippen LogP contribution < -0.4 is 10.1 Å². The smallest absolute Gasteiger partial charge is 0.303 e. The van der Waals surface area contributed by atoms with E-state index in [2.05, 4.69) is 52.1 Å². The number of carbonyl (C=O) groups is 1. The fraction of sp³-hybridized carbons (Fsp3) is 0.154. The lowest BCUT2D eigenvalue weighted by Crippen LogP contribution is -2.00. The van der Waals surface area contributed by atoms with Crippen LogP contribution in [0.2, 0.25) is 0 Å². The summed E-state index contributed by atoms with van der Waals surface area (Å²) in [5, 5.41) is 15.1. The van der Waals surface area contributed by atoms with E-state index in [4.69, 9.17) is 9.84 Å². The number of carboxylic acid groups (broad SMARTS) is 1. The normalized spacial score (nSPS) is 10.6. The first-order valence-electron chi connectivity index (χ1n) is 10.4. The van der Waals surface area contributed by atoms with Crippen LogP contribution in [-0.2, 0) is 24.4 Å². The molecule has 4 rings (SSSR count). The number of aliphatic carboxylic acids is 1. The Kier molecular flexibility index (Phi) is 7.15. The number of carboxylic acids is 1. The molecule has 0 aliphatic carbocycles. The number of benzene rings is 3. The SMILES string of the molecule is O=C(O)CCc1ccc(OCc2ccc(CNc3nc(-c4ccccc4)cs3)cc2)cc1. The first kappa shape index (κ1) is 21.6. The third-order valence-corrected chi connectivity index (χ3v) is 5.80. The van der Waals surface area contributed by atoms with Crippen LogP contribution in [0.3, 0.4) is 0 Å². The van der Waals surface area contributed by atoms with Gasteiger partial charge in [-0.2, -0.15) is 0 Å². The molecule has 4 aromatic rings. The summed E-state index contributed by atoms with van der Waals surface area (Å²) in [6, 6.07) is 26.1. The van der Waals surface area contributed by atoms with Crippen LogP contribution in [-0.4, -0.2) is 16.1 Å². The number of thiazole rings is 1. The number of anilines is 1. The molecule has 0 aliphatic heterocycles. The number of aromatic nitrogens is 1. The number of rotatable bonds is 10. The molecule has 3 aromatic carbocycles. The maximum atomic E-state index is 10.7. The van der Waals surface area contributed by atoms with Gasteiger partial charge in [-0.05, 0) is 35.2 Å². The molecule has 0 amide bonds. The van der Waals surface area contributed by atoms with Crippen molar-refractivity contribution in [1.82, 2.24) is 4.98 Å². The van der Waals surface area contributed by atoms with Crippen LogP contribution in [0.25, 0.3) is 11.3 Å². The fourth-order valence-electron chi connectivity index (χ4n) is 3.20. The fourth-order valence-corrected chi connectivity index (χ4v) is 3.92. The Morgan fingerprint density at radius 2 is 1.59 bits per heavy atom. The van der Waals surface area contributed by atoms with Gasteiger partial charge in [-0.3, -0.25) is 4.79 Å². The molecule has 2 N–H and O–H groups in total. The van der Waals surface area contributed by atoms with Crippen LogP contribution >= 0.6 is 11.3 Å². The Morgan fingerprint density at radius 1 is 0.906 bits per heavy atom. The van der Waals surface area contributed by atoms with Crippen LogP contribution in [0.15, 0.2) is 84.2 Å². The molecule has 0 saturated carbocycles. The zero-order valence-corrected chi connectivity index (χ0v) is 18.3. The van der Waals surface area contributed by atoms with Crippen molar-refractivity contribution >= 4 is 22.4 Å². The van der Waals surface area contributed by atoms with E-state index in [1.165, 1.54) is 5.56 Å². The summed E-state index contributed by atoms with van der Waals surface area (Å²) >= 11 is 1.61. The van der Waals surface area contributed by atoms with Crippen LogP contribution in [0, 0.1) is 0 Å². The number of nitrogens with one attached hydrogen (secondary N) is 1. The Hall–Kier alpha value is -3.64. The van der Waals surface area contributed by atoms with E-state index in [0.717, 1.165) is 33.3 Å². The van der Waals surface area contributed by atoms with Crippen molar-refractivity contribution in [3.63, 3.8) is 0 Å². The minimum absolute atomic E-state index is 0.137. The van der Waals surface area contributed by atoms with Gasteiger partial charge in [0, 0.05) is 23.9 Å². The third kappa shape index (κ3) is 6.18. The van der Waals surface area contributed by atoms with Gasteiger partial charge in [0.25, 0.3) is 0 Å². The van der Waals surface area contributed by atoms with Crippen molar-refractivity contribution in [2.45, 2.75) is 26.0 Å². The van der Waals surface area contributed by atoms with Gasteiger partial charge in [0.05, 0.1) is 5.69 Å². The van der Waals surface area contributed by atoms with Gasteiger partial charge in [-0.1, -0.05) is 66.7 Å². The van der Waals surface area contributed by atoms with Gasteiger partial charge in [0.1, 0.15) is 12.4 Å². The molecule has 0 radical (unpaired) electrons.